The zero-order valence-electron chi connectivity index (χ0n) is 14.0. The van der Waals surface area contributed by atoms with E-state index in [1.54, 1.807) is 12.1 Å². The number of nitrogens with zero attached hydrogens (tertiary/aromatic N) is 1. The van der Waals surface area contributed by atoms with Gasteiger partial charge in [0.1, 0.15) is 0 Å². The van der Waals surface area contributed by atoms with Crippen molar-refractivity contribution in [3.8, 4) is 0 Å². The van der Waals surface area contributed by atoms with Crippen LogP contribution in [0.2, 0.25) is 0 Å². The van der Waals surface area contributed by atoms with Crippen LogP contribution < -0.4 is 4.72 Å². The van der Waals surface area contributed by atoms with Gasteiger partial charge < -0.3 is 4.90 Å². The zero-order chi connectivity index (χ0) is 16.9. The molecule has 0 saturated carbocycles. The minimum absolute atomic E-state index is 0.194. The SMILES string of the molecule is Cc1ccc(S(=O)(=O)NCCCN2CCCCCC2=O)cc1C. The predicted octanol–water partition coefficient (Wildman–Crippen LogP) is 2.37. The lowest BCUT2D eigenvalue weighted by Crippen LogP contribution is -2.34. The van der Waals surface area contributed by atoms with Gasteiger partial charge in [-0.15, -0.1) is 0 Å². The second kappa shape index (κ2) is 7.93. The Morgan fingerprint density at radius 3 is 2.65 bits per heavy atom. The molecule has 1 aliphatic heterocycles. The molecular weight excluding hydrogens is 312 g/mol. The predicted molar refractivity (Wildman–Crippen MR) is 90.8 cm³/mol. The Labute approximate surface area is 139 Å². The number of sulfonamides is 1. The van der Waals surface area contributed by atoms with E-state index in [4.69, 9.17) is 0 Å². The van der Waals surface area contributed by atoms with Gasteiger partial charge in [0.25, 0.3) is 0 Å². The summed E-state index contributed by atoms with van der Waals surface area (Å²) in [6, 6.07) is 5.14. The Morgan fingerprint density at radius 2 is 1.91 bits per heavy atom. The molecule has 1 amide bonds. The molecule has 1 aliphatic rings. The number of nitrogens with one attached hydrogen (secondary N) is 1. The number of aryl methyl sites for hydroxylation is 2. The summed E-state index contributed by atoms with van der Waals surface area (Å²) in [6.07, 6.45) is 4.36. The lowest BCUT2D eigenvalue weighted by molar-refractivity contribution is -0.130. The van der Waals surface area contributed by atoms with E-state index >= 15 is 0 Å². The molecule has 1 aromatic rings. The maximum absolute atomic E-state index is 12.3. The van der Waals surface area contributed by atoms with Gasteiger partial charge in [0, 0.05) is 26.1 Å². The summed E-state index contributed by atoms with van der Waals surface area (Å²) in [5.74, 6) is 0.194. The van der Waals surface area contributed by atoms with Crippen molar-refractivity contribution in [2.24, 2.45) is 0 Å². The fraction of sp³-hybridized carbons (Fsp3) is 0.588. The van der Waals surface area contributed by atoms with Gasteiger partial charge >= 0.3 is 0 Å². The van der Waals surface area contributed by atoms with Gasteiger partial charge in [-0.1, -0.05) is 12.5 Å². The molecule has 1 aromatic carbocycles. The Kier molecular flexibility index (Phi) is 6.18. The average molecular weight is 338 g/mol. The van der Waals surface area contributed by atoms with Gasteiger partial charge in [-0.2, -0.15) is 0 Å². The first kappa shape index (κ1) is 17.9. The van der Waals surface area contributed by atoms with Crippen LogP contribution in [0.4, 0.5) is 0 Å². The van der Waals surface area contributed by atoms with E-state index in [-0.39, 0.29) is 5.91 Å². The van der Waals surface area contributed by atoms with Crippen molar-refractivity contribution in [1.82, 2.24) is 9.62 Å². The molecule has 1 heterocycles. The van der Waals surface area contributed by atoms with Crippen LogP contribution in [0, 0.1) is 13.8 Å². The smallest absolute Gasteiger partial charge is 0.240 e. The van der Waals surface area contributed by atoms with Crippen LogP contribution in [0.15, 0.2) is 23.1 Å². The molecular formula is C17H26N2O3S. The fourth-order valence-electron chi connectivity index (χ4n) is 2.72. The third-order valence-corrected chi connectivity index (χ3v) is 5.82. The quantitative estimate of drug-likeness (QED) is 0.810. The van der Waals surface area contributed by atoms with E-state index in [2.05, 4.69) is 4.72 Å². The maximum atomic E-state index is 12.3. The molecule has 6 heteroatoms. The van der Waals surface area contributed by atoms with Crippen molar-refractivity contribution >= 4 is 15.9 Å². The third kappa shape index (κ3) is 5.04. The standard InChI is InChI=1S/C17H26N2O3S/c1-14-8-9-16(13-15(14)2)23(21,22)18-10-6-12-19-11-5-3-4-7-17(19)20/h8-9,13,18H,3-7,10-12H2,1-2H3. The van der Waals surface area contributed by atoms with Gasteiger partial charge in [-0.3, -0.25) is 4.79 Å². The molecule has 1 saturated heterocycles. The Hall–Kier alpha value is -1.40. The van der Waals surface area contributed by atoms with Gasteiger partial charge in [-0.25, -0.2) is 13.1 Å². The average Bonchev–Trinajstić information content (AvgIpc) is 2.71. The zero-order valence-corrected chi connectivity index (χ0v) is 14.8. The molecule has 1 fully saturated rings. The monoisotopic (exact) mass is 338 g/mol. The summed E-state index contributed by atoms with van der Waals surface area (Å²) in [5.41, 5.74) is 2.03. The summed E-state index contributed by atoms with van der Waals surface area (Å²) in [5, 5.41) is 0. The Balaban J connectivity index is 1.84. The van der Waals surface area contributed by atoms with E-state index in [1.807, 2.05) is 24.8 Å². The number of carbonyl (C=O) groups excluding carboxylic acids is 1. The Bertz CT molecular complexity index is 656. The van der Waals surface area contributed by atoms with Gasteiger partial charge in [0.15, 0.2) is 0 Å². The molecule has 0 bridgehead atoms. The second-order valence-corrected chi connectivity index (χ2v) is 7.96. The summed E-state index contributed by atoms with van der Waals surface area (Å²) >= 11 is 0. The van der Waals surface area contributed by atoms with Crippen LogP contribution in [-0.4, -0.2) is 38.9 Å². The van der Waals surface area contributed by atoms with Gasteiger partial charge in [-0.05, 0) is 56.4 Å². The lowest BCUT2D eigenvalue weighted by Gasteiger charge is -2.20. The van der Waals surface area contributed by atoms with Crippen LogP contribution in [0.25, 0.3) is 0 Å². The van der Waals surface area contributed by atoms with Gasteiger partial charge in [0.2, 0.25) is 15.9 Å². The number of carbonyl (C=O) groups is 1. The first-order valence-corrected chi connectivity index (χ1v) is 9.73. The number of benzene rings is 1. The molecule has 5 nitrogen and oxygen atoms in total. The molecule has 0 spiro atoms. The molecule has 0 aliphatic carbocycles. The number of amides is 1. The van der Waals surface area contributed by atoms with Crippen molar-refractivity contribution in [3.05, 3.63) is 29.3 Å². The number of rotatable bonds is 6. The molecule has 0 atom stereocenters. The van der Waals surface area contributed by atoms with E-state index in [9.17, 15) is 13.2 Å². The number of hydrogen-bond donors (Lipinski definition) is 1. The lowest BCUT2D eigenvalue weighted by atomic mass is 10.1. The molecule has 23 heavy (non-hydrogen) atoms. The summed E-state index contributed by atoms with van der Waals surface area (Å²) in [7, 11) is -3.48. The van der Waals surface area contributed by atoms with Crippen LogP contribution in [0.3, 0.4) is 0 Å². The van der Waals surface area contributed by atoms with Crippen molar-refractivity contribution in [2.45, 2.75) is 50.8 Å². The topological polar surface area (TPSA) is 66.5 Å². The number of hydrogen-bond acceptors (Lipinski definition) is 3. The van der Waals surface area contributed by atoms with Crippen LogP contribution in [0.1, 0.15) is 43.2 Å². The van der Waals surface area contributed by atoms with Crippen LogP contribution >= 0.6 is 0 Å². The molecule has 2 rings (SSSR count). The van der Waals surface area contributed by atoms with Gasteiger partial charge in [0.05, 0.1) is 4.90 Å². The number of likely N-dealkylation sites (tertiary alicyclic amines) is 1. The van der Waals surface area contributed by atoms with E-state index in [1.165, 1.54) is 0 Å². The molecule has 128 valence electrons. The fourth-order valence-corrected chi connectivity index (χ4v) is 3.87. The summed E-state index contributed by atoms with van der Waals surface area (Å²) < 4.78 is 27.2. The normalized spacial score (nSPS) is 16.4. The molecule has 0 radical (unpaired) electrons. The molecule has 1 N–H and O–H groups in total. The first-order valence-electron chi connectivity index (χ1n) is 8.25. The molecule has 0 aromatic heterocycles. The minimum Gasteiger partial charge on any atom is -0.343 e. The van der Waals surface area contributed by atoms with Crippen molar-refractivity contribution in [3.63, 3.8) is 0 Å². The highest BCUT2D eigenvalue weighted by molar-refractivity contribution is 7.89. The van der Waals surface area contributed by atoms with Crippen LogP contribution in [-0.2, 0) is 14.8 Å². The summed E-state index contributed by atoms with van der Waals surface area (Å²) in [6.45, 7) is 5.62. The largest absolute Gasteiger partial charge is 0.343 e. The van der Waals surface area contributed by atoms with Crippen molar-refractivity contribution < 1.29 is 13.2 Å². The Morgan fingerprint density at radius 1 is 1.13 bits per heavy atom. The highest BCUT2D eigenvalue weighted by Crippen LogP contribution is 2.15. The summed E-state index contributed by atoms with van der Waals surface area (Å²) in [4.78, 5) is 14.0. The van der Waals surface area contributed by atoms with Crippen LogP contribution in [0.5, 0.6) is 0 Å². The highest BCUT2D eigenvalue weighted by atomic mass is 32.2. The van der Waals surface area contributed by atoms with Crippen molar-refractivity contribution in [2.75, 3.05) is 19.6 Å². The van der Waals surface area contributed by atoms with E-state index in [0.29, 0.717) is 30.8 Å². The highest BCUT2D eigenvalue weighted by Gasteiger charge is 2.17. The first-order chi connectivity index (χ1) is 10.9. The third-order valence-electron chi connectivity index (χ3n) is 4.36. The van der Waals surface area contributed by atoms with E-state index < -0.39 is 10.0 Å². The molecule has 0 unspecified atom stereocenters. The maximum Gasteiger partial charge on any atom is 0.240 e. The van der Waals surface area contributed by atoms with E-state index in [0.717, 1.165) is 36.9 Å². The minimum atomic E-state index is -3.48. The van der Waals surface area contributed by atoms with Crippen molar-refractivity contribution in [1.29, 1.82) is 0 Å². The second-order valence-electron chi connectivity index (χ2n) is 6.19.